The summed E-state index contributed by atoms with van der Waals surface area (Å²) >= 11 is 0. The number of hydrogen-bond donors (Lipinski definition) is 1. The molecule has 1 aromatic heterocycles. The lowest BCUT2D eigenvalue weighted by atomic mass is 10.2. The molecule has 2 aromatic rings. The van der Waals surface area contributed by atoms with Gasteiger partial charge in [0.1, 0.15) is 0 Å². The molecule has 100 valence electrons. The van der Waals surface area contributed by atoms with E-state index in [-0.39, 0.29) is 10.5 Å². The first kappa shape index (κ1) is 13.2. The number of ether oxygens (including phenoxy) is 1. The fourth-order valence-corrected chi connectivity index (χ4v) is 2.54. The zero-order valence-corrected chi connectivity index (χ0v) is 10.9. The molecule has 0 atom stereocenters. The maximum absolute atomic E-state index is 12.1. The van der Waals surface area contributed by atoms with Crippen LogP contribution in [-0.4, -0.2) is 26.2 Å². The standard InChI is InChI=1S/C12H12N2O4S/c1-18-12(15)10-5-4-6-11(9-10)19(16,17)13-14-7-2-3-8-14/h2-9,13H,1H3. The van der Waals surface area contributed by atoms with Crippen molar-refractivity contribution in [3.8, 4) is 0 Å². The number of methoxy groups -OCH3 is 1. The minimum Gasteiger partial charge on any atom is -0.465 e. The number of sulfonamides is 1. The van der Waals surface area contributed by atoms with Crippen molar-refractivity contribution in [1.29, 1.82) is 0 Å². The van der Waals surface area contributed by atoms with Crippen LogP contribution in [0.25, 0.3) is 0 Å². The molecular formula is C12H12N2O4S. The van der Waals surface area contributed by atoms with Crippen LogP contribution < -0.4 is 4.83 Å². The Morgan fingerprint density at radius 3 is 2.53 bits per heavy atom. The first-order valence-electron chi connectivity index (χ1n) is 5.37. The second kappa shape index (κ2) is 5.15. The molecular weight excluding hydrogens is 268 g/mol. The molecule has 0 fully saturated rings. The summed E-state index contributed by atoms with van der Waals surface area (Å²) in [5.41, 5.74) is 0.179. The Morgan fingerprint density at radius 1 is 1.21 bits per heavy atom. The Kier molecular flexibility index (Phi) is 3.57. The molecule has 0 aliphatic carbocycles. The summed E-state index contributed by atoms with van der Waals surface area (Å²) in [4.78, 5) is 13.7. The SMILES string of the molecule is COC(=O)c1cccc(S(=O)(=O)Nn2cccc2)c1. The van der Waals surface area contributed by atoms with Crippen molar-refractivity contribution in [2.45, 2.75) is 4.90 Å². The molecule has 6 nitrogen and oxygen atoms in total. The van der Waals surface area contributed by atoms with Crippen molar-refractivity contribution in [1.82, 2.24) is 4.68 Å². The van der Waals surface area contributed by atoms with E-state index in [9.17, 15) is 13.2 Å². The van der Waals surface area contributed by atoms with Crippen molar-refractivity contribution in [2.24, 2.45) is 0 Å². The van der Waals surface area contributed by atoms with Gasteiger partial charge >= 0.3 is 5.97 Å². The van der Waals surface area contributed by atoms with E-state index in [4.69, 9.17) is 0 Å². The van der Waals surface area contributed by atoms with E-state index in [0.29, 0.717) is 0 Å². The lowest BCUT2D eigenvalue weighted by Crippen LogP contribution is -2.22. The molecule has 2 rings (SSSR count). The fourth-order valence-electron chi connectivity index (χ4n) is 1.49. The topological polar surface area (TPSA) is 77.4 Å². The number of carbonyl (C=O) groups excluding carboxylic acids is 1. The van der Waals surface area contributed by atoms with Gasteiger partial charge in [-0.25, -0.2) is 9.63 Å². The molecule has 0 saturated heterocycles. The van der Waals surface area contributed by atoms with Crippen LogP contribution in [0.2, 0.25) is 0 Å². The Bertz CT molecular complexity index is 678. The number of hydrogen-bond acceptors (Lipinski definition) is 4. The second-order valence-electron chi connectivity index (χ2n) is 3.70. The summed E-state index contributed by atoms with van der Waals surface area (Å²) in [5, 5.41) is 0. The highest BCUT2D eigenvalue weighted by Crippen LogP contribution is 2.13. The summed E-state index contributed by atoms with van der Waals surface area (Å²) in [5.74, 6) is -0.585. The summed E-state index contributed by atoms with van der Waals surface area (Å²) in [7, 11) is -2.50. The molecule has 1 heterocycles. The van der Waals surface area contributed by atoms with Crippen LogP contribution in [0.4, 0.5) is 0 Å². The van der Waals surface area contributed by atoms with Gasteiger partial charge in [0.2, 0.25) is 0 Å². The Balaban J connectivity index is 2.33. The van der Waals surface area contributed by atoms with E-state index in [1.165, 1.54) is 36.1 Å². The number of nitrogens with zero attached hydrogens (tertiary/aromatic N) is 1. The molecule has 7 heteroatoms. The number of carbonyl (C=O) groups is 1. The molecule has 0 bridgehead atoms. The molecule has 0 amide bonds. The van der Waals surface area contributed by atoms with Crippen LogP contribution in [-0.2, 0) is 14.8 Å². The largest absolute Gasteiger partial charge is 0.465 e. The van der Waals surface area contributed by atoms with Crippen LogP contribution in [0.15, 0.2) is 53.7 Å². The first-order valence-corrected chi connectivity index (χ1v) is 6.85. The van der Waals surface area contributed by atoms with Crippen molar-refractivity contribution in [2.75, 3.05) is 11.9 Å². The van der Waals surface area contributed by atoms with Gasteiger partial charge in [0, 0.05) is 12.4 Å². The number of nitrogens with one attached hydrogen (secondary N) is 1. The molecule has 0 aliphatic heterocycles. The normalized spacial score (nSPS) is 11.0. The summed E-state index contributed by atoms with van der Waals surface area (Å²) in [6.45, 7) is 0. The highest BCUT2D eigenvalue weighted by Gasteiger charge is 2.16. The highest BCUT2D eigenvalue weighted by molar-refractivity contribution is 7.92. The number of esters is 1. The predicted octanol–water partition coefficient (Wildman–Crippen LogP) is 1.21. The van der Waals surface area contributed by atoms with Crippen LogP contribution >= 0.6 is 0 Å². The van der Waals surface area contributed by atoms with E-state index in [0.717, 1.165) is 0 Å². The summed E-state index contributed by atoms with van der Waals surface area (Å²) in [6.07, 6.45) is 3.11. The number of aromatic nitrogens is 1. The van der Waals surface area contributed by atoms with Gasteiger partial charge in [0.05, 0.1) is 17.6 Å². The van der Waals surface area contributed by atoms with Gasteiger partial charge in [-0.1, -0.05) is 6.07 Å². The van der Waals surface area contributed by atoms with Crippen molar-refractivity contribution < 1.29 is 17.9 Å². The minimum atomic E-state index is -3.74. The zero-order chi connectivity index (χ0) is 13.9. The molecule has 0 aliphatic rings. The third-order valence-corrected chi connectivity index (χ3v) is 3.72. The molecule has 0 spiro atoms. The van der Waals surface area contributed by atoms with Gasteiger partial charge in [0.15, 0.2) is 0 Å². The van der Waals surface area contributed by atoms with E-state index >= 15 is 0 Å². The smallest absolute Gasteiger partial charge is 0.337 e. The van der Waals surface area contributed by atoms with Gasteiger partial charge in [-0.2, -0.15) is 8.42 Å². The van der Waals surface area contributed by atoms with Crippen LogP contribution in [0.5, 0.6) is 0 Å². The Morgan fingerprint density at radius 2 is 1.89 bits per heavy atom. The third kappa shape index (κ3) is 2.94. The Hall–Kier alpha value is -2.28. The lowest BCUT2D eigenvalue weighted by molar-refractivity contribution is 0.0600. The second-order valence-corrected chi connectivity index (χ2v) is 5.37. The van der Waals surface area contributed by atoms with E-state index in [1.54, 1.807) is 24.5 Å². The van der Waals surface area contributed by atoms with Crippen LogP contribution in [0.3, 0.4) is 0 Å². The van der Waals surface area contributed by atoms with Gasteiger partial charge in [-0.15, -0.1) is 0 Å². The molecule has 19 heavy (non-hydrogen) atoms. The van der Waals surface area contributed by atoms with Crippen molar-refractivity contribution in [3.63, 3.8) is 0 Å². The number of benzene rings is 1. The monoisotopic (exact) mass is 280 g/mol. The fraction of sp³-hybridized carbons (Fsp3) is 0.0833. The van der Waals surface area contributed by atoms with Gasteiger partial charge in [-0.3, -0.25) is 4.68 Å². The van der Waals surface area contributed by atoms with E-state index in [1.807, 2.05) is 0 Å². The molecule has 0 radical (unpaired) electrons. The molecule has 1 aromatic carbocycles. The maximum atomic E-state index is 12.1. The van der Waals surface area contributed by atoms with Gasteiger partial charge in [0.25, 0.3) is 10.0 Å². The van der Waals surface area contributed by atoms with Crippen LogP contribution in [0.1, 0.15) is 10.4 Å². The summed E-state index contributed by atoms with van der Waals surface area (Å²) < 4.78 is 30.0. The van der Waals surface area contributed by atoms with Crippen LogP contribution in [0, 0.1) is 0 Å². The van der Waals surface area contributed by atoms with Gasteiger partial charge < -0.3 is 4.74 Å². The minimum absolute atomic E-state index is 0.0101. The first-order chi connectivity index (χ1) is 9.03. The molecule has 1 N–H and O–H groups in total. The average Bonchev–Trinajstić information content (AvgIpc) is 2.90. The maximum Gasteiger partial charge on any atom is 0.337 e. The predicted molar refractivity (Wildman–Crippen MR) is 68.8 cm³/mol. The van der Waals surface area contributed by atoms with Crippen molar-refractivity contribution >= 4 is 16.0 Å². The zero-order valence-electron chi connectivity index (χ0n) is 10.1. The quantitative estimate of drug-likeness (QED) is 0.854. The van der Waals surface area contributed by atoms with Gasteiger partial charge in [-0.05, 0) is 30.3 Å². The highest BCUT2D eigenvalue weighted by atomic mass is 32.2. The summed E-state index contributed by atoms with van der Waals surface area (Å²) in [6, 6.07) is 9.01. The van der Waals surface area contributed by atoms with E-state index in [2.05, 4.69) is 9.57 Å². The molecule has 0 unspecified atom stereocenters. The average molecular weight is 280 g/mol. The van der Waals surface area contributed by atoms with E-state index < -0.39 is 16.0 Å². The lowest BCUT2D eigenvalue weighted by Gasteiger charge is -2.09. The van der Waals surface area contributed by atoms with Crippen molar-refractivity contribution in [3.05, 3.63) is 54.4 Å². The molecule has 0 saturated carbocycles. The third-order valence-electron chi connectivity index (χ3n) is 2.40. The number of rotatable bonds is 4. The Labute approximate surface area is 110 Å².